The highest BCUT2D eigenvalue weighted by molar-refractivity contribution is 6.30. The van der Waals surface area contributed by atoms with E-state index in [4.69, 9.17) is 17.1 Å². The number of benzene rings is 1. The van der Waals surface area contributed by atoms with Gasteiger partial charge in [-0.1, -0.05) is 44.0 Å². The first-order chi connectivity index (χ1) is 10.6. The Morgan fingerprint density at radius 1 is 1.26 bits per heavy atom. The van der Waals surface area contributed by atoms with E-state index >= 15 is 0 Å². The van der Waals surface area contributed by atoms with E-state index in [1.54, 1.807) is 0 Å². The summed E-state index contributed by atoms with van der Waals surface area (Å²) in [7, 11) is 4.08. The van der Waals surface area contributed by atoms with E-state index < -0.39 is 0 Å². The van der Waals surface area contributed by atoms with Crippen molar-refractivity contribution < 1.29 is 5.48 Å². The highest BCUT2D eigenvalue weighted by Crippen LogP contribution is 2.49. The number of hydrogen-bond donors (Lipinski definition) is 0. The summed E-state index contributed by atoms with van der Waals surface area (Å²) in [6.45, 7) is 4.36. The molecule has 0 spiro atoms. The van der Waals surface area contributed by atoms with Crippen molar-refractivity contribution in [3.8, 4) is 0 Å². The first kappa shape index (κ1) is 10.2. The van der Waals surface area contributed by atoms with Crippen LogP contribution in [0.2, 0.25) is 5.02 Å². The van der Waals surface area contributed by atoms with Gasteiger partial charge in [-0.25, -0.2) is 0 Å². The van der Waals surface area contributed by atoms with E-state index in [2.05, 4.69) is 18.7 Å². The lowest BCUT2D eigenvalue weighted by Crippen LogP contribution is -2.52. The molecule has 2 heteroatoms. The quantitative estimate of drug-likeness (QED) is 0.754. The van der Waals surface area contributed by atoms with Gasteiger partial charge in [0.25, 0.3) is 0 Å². The molecule has 1 aliphatic carbocycles. The molecule has 0 aromatic heterocycles. The van der Waals surface area contributed by atoms with Gasteiger partial charge in [0.2, 0.25) is 0 Å². The van der Waals surface area contributed by atoms with Gasteiger partial charge in [-0.05, 0) is 56.9 Å². The van der Waals surface area contributed by atoms with Crippen molar-refractivity contribution in [2.45, 2.75) is 51.0 Å². The zero-order chi connectivity index (χ0) is 17.5. The minimum Gasteiger partial charge on any atom is -0.306 e. The van der Waals surface area contributed by atoms with E-state index in [9.17, 15) is 0 Å². The van der Waals surface area contributed by atoms with Crippen molar-refractivity contribution in [3.05, 3.63) is 34.8 Å². The van der Waals surface area contributed by atoms with Crippen molar-refractivity contribution in [1.82, 2.24) is 4.90 Å². The topological polar surface area (TPSA) is 3.24 Å². The molecule has 1 nitrogen and oxygen atoms in total. The Hall–Kier alpha value is -0.530. The molecule has 0 radical (unpaired) electrons. The average molecular weight is 284 g/mol. The van der Waals surface area contributed by atoms with Crippen LogP contribution in [0.1, 0.15) is 50.6 Å². The molecule has 0 saturated heterocycles. The largest absolute Gasteiger partial charge is 0.306 e. The number of nitrogens with zero attached hydrogens (tertiary/aromatic N) is 1. The second kappa shape index (κ2) is 5.85. The van der Waals surface area contributed by atoms with Gasteiger partial charge in [0.15, 0.2) is 0 Å². The Bertz CT molecular complexity index is 568. The molecular formula is C17H26ClN. The van der Waals surface area contributed by atoms with Crippen LogP contribution in [0.5, 0.6) is 0 Å². The molecule has 19 heavy (non-hydrogen) atoms. The fourth-order valence-electron chi connectivity index (χ4n) is 3.23. The van der Waals surface area contributed by atoms with Crippen LogP contribution in [0.25, 0.3) is 0 Å². The summed E-state index contributed by atoms with van der Waals surface area (Å²) in [4.78, 5) is 2.18. The molecular weight excluding hydrogens is 254 g/mol. The molecule has 0 N–H and O–H groups in total. The van der Waals surface area contributed by atoms with Crippen LogP contribution >= 0.6 is 11.6 Å². The van der Waals surface area contributed by atoms with Crippen LogP contribution in [-0.4, -0.2) is 25.0 Å². The SMILES string of the molecule is [2H]c1c([2H])c(C2(C(CC(C)C)N(C)C)CCC2)c([2H])c([2H])c1Cl. The van der Waals surface area contributed by atoms with Crippen molar-refractivity contribution in [2.75, 3.05) is 14.1 Å². The summed E-state index contributed by atoms with van der Waals surface area (Å²) in [5.74, 6) is 0.501. The normalized spacial score (nSPS) is 22.5. The Balaban J connectivity index is 2.65. The fraction of sp³-hybridized carbons (Fsp3) is 0.647. The predicted octanol–water partition coefficient (Wildman–Crippen LogP) is 4.74. The lowest BCUT2D eigenvalue weighted by atomic mass is 9.58. The Morgan fingerprint density at radius 3 is 2.21 bits per heavy atom. The van der Waals surface area contributed by atoms with E-state index in [1.165, 1.54) is 0 Å². The second-order valence-electron chi connectivity index (χ2n) is 6.31. The third kappa shape index (κ3) is 2.98. The summed E-state index contributed by atoms with van der Waals surface area (Å²) in [6, 6.07) is 0.0361. The average Bonchev–Trinajstić information content (AvgIpc) is 2.43. The lowest BCUT2D eigenvalue weighted by molar-refractivity contribution is 0.0808. The number of hydrogen-bond acceptors (Lipinski definition) is 1. The van der Waals surface area contributed by atoms with Gasteiger partial charge in [0.1, 0.15) is 0 Å². The molecule has 106 valence electrons. The summed E-state index contributed by atoms with van der Waals surface area (Å²) in [5, 5.41) is -0.0801. The zero-order valence-corrected chi connectivity index (χ0v) is 13.1. The molecule has 1 aromatic carbocycles. The molecule has 0 heterocycles. The van der Waals surface area contributed by atoms with Crippen LogP contribution in [0.15, 0.2) is 24.2 Å². The Morgan fingerprint density at radius 2 is 1.84 bits per heavy atom. The number of likely N-dealkylation sites (N-methyl/N-ethyl adjacent to an activating group) is 1. The first-order valence-electron chi connectivity index (χ1n) is 9.06. The second-order valence-corrected chi connectivity index (χ2v) is 6.69. The third-order valence-electron chi connectivity index (χ3n) is 4.29. The van der Waals surface area contributed by atoms with Crippen LogP contribution in [0.3, 0.4) is 0 Å². The van der Waals surface area contributed by atoms with Gasteiger partial charge < -0.3 is 4.90 Å². The molecule has 1 aliphatic rings. The van der Waals surface area contributed by atoms with Crippen LogP contribution < -0.4 is 0 Å². The van der Waals surface area contributed by atoms with Crippen LogP contribution in [-0.2, 0) is 5.41 Å². The standard InChI is InChI=1S/C17H26ClN/c1-13(2)12-16(19(3)4)17(10-5-11-17)14-6-8-15(18)9-7-14/h6-9,13,16H,5,10-12H2,1-4H3/i6D,7D,8D,9D. The minimum atomic E-state index is -0.307. The molecule has 1 unspecified atom stereocenters. The van der Waals surface area contributed by atoms with Crippen LogP contribution in [0.4, 0.5) is 0 Å². The molecule has 0 aliphatic heterocycles. The van der Waals surface area contributed by atoms with Crippen molar-refractivity contribution in [1.29, 1.82) is 0 Å². The van der Waals surface area contributed by atoms with E-state index in [1.807, 2.05) is 14.1 Å². The van der Waals surface area contributed by atoms with Gasteiger partial charge in [-0.2, -0.15) is 0 Å². The molecule has 0 amide bonds. The van der Waals surface area contributed by atoms with E-state index in [0.29, 0.717) is 11.5 Å². The number of rotatable bonds is 5. The zero-order valence-electron chi connectivity index (χ0n) is 16.3. The van der Waals surface area contributed by atoms with Crippen molar-refractivity contribution in [2.24, 2.45) is 5.92 Å². The maximum Gasteiger partial charge on any atom is 0.0639 e. The lowest BCUT2D eigenvalue weighted by Gasteiger charge is -2.51. The minimum absolute atomic E-state index is 0.0336. The van der Waals surface area contributed by atoms with Gasteiger partial charge in [-0.15, -0.1) is 0 Å². The summed E-state index contributed by atoms with van der Waals surface area (Å²) in [5.41, 5.74) is 0.250. The van der Waals surface area contributed by atoms with Gasteiger partial charge in [0, 0.05) is 16.5 Å². The molecule has 1 aromatic rings. The Labute approximate surface area is 128 Å². The first-order valence-corrected chi connectivity index (χ1v) is 7.44. The molecule has 1 atom stereocenters. The van der Waals surface area contributed by atoms with Crippen molar-refractivity contribution in [3.63, 3.8) is 0 Å². The monoisotopic (exact) mass is 283 g/mol. The highest BCUT2D eigenvalue weighted by Gasteiger charge is 2.46. The summed E-state index contributed by atoms with van der Waals surface area (Å²) >= 11 is 5.97. The number of halogens is 1. The predicted molar refractivity (Wildman–Crippen MR) is 83.9 cm³/mol. The summed E-state index contributed by atoms with van der Waals surface area (Å²) in [6.07, 6.45) is 3.83. The molecule has 0 bridgehead atoms. The molecule has 2 rings (SSSR count). The third-order valence-corrected chi connectivity index (χ3v) is 4.48. The summed E-state index contributed by atoms with van der Waals surface area (Å²) < 4.78 is 32.9. The van der Waals surface area contributed by atoms with Crippen molar-refractivity contribution >= 4 is 11.6 Å². The van der Waals surface area contributed by atoms with E-state index in [-0.39, 0.29) is 40.6 Å². The Kier molecular flexibility index (Phi) is 3.15. The highest BCUT2D eigenvalue weighted by atomic mass is 35.5. The van der Waals surface area contributed by atoms with Gasteiger partial charge in [0.05, 0.1) is 5.48 Å². The van der Waals surface area contributed by atoms with Crippen LogP contribution in [0, 0.1) is 5.92 Å². The smallest absolute Gasteiger partial charge is 0.0639 e. The molecule has 1 saturated carbocycles. The van der Waals surface area contributed by atoms with Gasteiger partial charge in [-0.3, -0.25) is 0 Å². The fourth-order valence-corrected chi connectivity index (χ4v) is 3.33. The van der Waals surface area contributed by atoms with E-state index in [0.717, 1.165) is 25.7 Å². The molecule has 1 fully saturated rings. The maximum atomic E-state index is 8.39. The maximum absolute atomic E-state index is 8.39. The van der Waals surface area contributed by atoms with Gasteiger partial charge >= 0.3 is 0 Å².